The number of hydrogen-bond acceptors (Lipinski definition) is 3. The molecule has 0 aromatic rings. The average molecular weight is 271 g/mol. The molecule has 1 saturated heterocycles. The first-order valence-electron chi connectivity index (χ1n) is 7.20. The topological polar surface area (TPSA) is 66.8 Å². The van der Waals surface area contributed by atoms with Crippen LogP contribution in [0.2, 0.25) is 0 Å². The van der Waals surface area contributed by atoms with Gasteiger partial charge in [-0.25, -0.2) is 0 Å². The van der Waals surface area contributed by atoms with E-state index < -0.39 is 5.97 Å². The third kappa shape index (κ3) is 6.57. The quantitative estimate of drug-likeness (QED) is 0.685. The van der Waals surface area contributed by atoms with Gasteiger partial charge in [-0.1, -0.05) is 0 Å². The molecule has 1 amide bonds. The van der Waals surface area contributed by atoms with Crippen molar-refractivity contribution in [3.8, 4) is 0 Å². The van der Waals surface area contributed by atoms with Crippen LogP contribution in [-0.4, -0.2) is 48.2 Å². The molecule has 1 N–H and O–H groups in total. The number of carbonyl (C=O) groups is 2. The van der Waals surface area contributed by atoms with E-state index in [1.54, 1.807) is 0 Å². The molecule has 1 rings (SSSR count). The molecule has 5 heteroatoms. The van der Waals surface area contributed by atoms with E-state index in [1.165, 1.54) is 0 Å². The highest BCUT2D eigenvalue weighted by Crippen LogP contribution is 2.22. The van der Waals surface area contributed by atoms with Crippen LogP contribution < -0.4 is 0 Å². The summed E-state index contributed by atoms with van der Waals surface area (Å²) in [6.07, 6.45) is 4.19. The van der Waals surface area contributed by atoms with Crippen LogP contribution in [0, 0.1) is 5.92 Å². The van der Waals surface area contributed by atoms with Crippen LogP contribution >= 0.6 is 0 Å². The lowest BCUT2D eigenvalue weighted by Gasteiger charge is -2.32. The highest BCUT2D eigenvalue weighted by molar-refractivity contribution is 5.76. The van der Waals surface area contributed by atoms with Crippen molar-refractivity contribution in [2.24, 2.45) is 5.92 Å². The number of aliphatic carboxylic acids is 1. The van der Waals surface area contributed by atoms with E-state index >= 15 is 0 Å². The number of nitrogens with zero attached hydrogens (tertiary/aromatic N) is 1. The maximum atomic E-state index is 11.9. The van der Waals surface area contributed by atoms with Gasteiger partial charge in [0.05, 0.1) is 0 Å². The molecule has 19 heavy (non-hydrogen) atoms. The van der Waals surface area contributed by atoms with Crippen molar-refractivity contribution in [2.75, 3.05) is 26.3 Å². The van der Waals surface area contributed by atoms with Gasteiger partial charge in [-0.2, -0.15) is 0 Å². The number of piperidine rings is 1. The van der Waals surface area contributed by atoms with Gasteiger partial charge in [-0.05, 0) is 38.5 Å². The second-order valence-electron chi connectivity index (χ2n) is 5.06. The number of likely N-dealkylation sites (tertiary alicyclic amines) is 1. The molecule has 0 aromatic heterocycles. The lowest BCUT2D eigenvalue weighted by Crippen LogP contribution is -2.38. The van der Waals surface area contributed by atoms with Crippen LogP contribution in [0.1, 0.15) is 45.4 Å². The van der Waals surface area contributed by atoms with Gasteiger partial charge in [0.1, 0.15) is 0 Å². The molecule has 1 fully saturated rings. The second kappa shape index (κ2) is 8.91. The van der Waals surface area contributed by atoms with Gasteiger partial charge in [0.2, 0.25) is 5.91 Å². The first-order valence-corrected chi connectivity index (χ1v) is 7.20. The Bertz CT molecular complexity index is 285. The summed E-state index contributed by atoms with van der Waals surface area (Å²) in [5.41, 5.74) is 0. The molecule has 1 aliphatic rings. The summed E-state index contributed by atoms with van der Waals surface area (Å²) in [6, 6.07) is 0. The summed E-state index contributed by atoms with van der Waals surface area (Å²) < 4.78 is 5.22. The Morgan fingerprint density at radius 3 is 2.53 bits per heavy atom. The Hall–Kier alpha value is -1.10. The summed E-state index contributed by atoms with van der Waals surface area (Å²) >= 11 is 0. The summed E-state index contributed by atoms with van der Waals surface area (Å²) in [4.78, 5) is 24.3. The molecular weight excluding hydrogens is 246 g/mol. The summed E-state index contributed by atoms with van der Waals surface area (Å²) in [5, 5.41) is 8.65. The molecule has 0 unspecified atom stereocenters. The van der Waals surface area contributed by atoms with E-state index in [-0.39, 0.29) is 12.3 Å². The van der Waals surface area contributed by atoms with Crippen molar-refractivity contribution in [3.05, 3.63) is 0 Å². The van der Waals surface area contributed by atoms with E-state index in [2.05, 4.69) is 0 Å². The minimum absolute atomic E-state index is 0.205. The van der Waals surface area contributed by atoms with Crippen molar-refractivity contribution >= 4 is 11.9 Å². The molecule has 0 saturated carbocycles. The summed E-state index contributed by atoms with van der Waals surface area (Å²) in [7, 11) is 0. The highest BCUT2D eigenvalue weighted by atomic mass is 16.5. The lowest BCUT2D eigenvalue weighted by molar-refractivity contribution is -0.138. The van der Waals surface area contributed by atoms with Gasteiger partial charge in [0.15, 0.2) is 0 Å². The Morgan fingerprint density at radius 1 is 1.26 bits per heavy atom. The SMILES string of the molecule is CCOCCCC(=O)N1CCC(CCC(=O)O)CC1. The first kappa shape index (κ1) is 16.0. The van der Waals surface area contributed by atoms with Gasteiger partial charge in [-0.3, -0.25) is 9.59 Å². The second-order valence-corrected chi connectivity index (χ2v) is 5.06. The summed E-state index contributed by atoms with van der Waals surface area (Å²) in [5.74, 6) is -0.0607. The van der Waals surface area contributed by atoms with E-state index in [9.17, 15) is 9.59 Å². The molecule has 0 aliphatic carbocycles. The zero-order valence-electron chi connectivity index (χ0n) is 11.8. The van der Waals surface area contributed by atoms with Crippen molar-refractivity contribution in [1.82, 2.24) is 4.90 Å². The van der Waals surface area contributed by atoms with Gasteiger partial charge in [-0.15, -0.1) is 0 Å². The third-order valence-electron chi connectivity index (χ3n) is 3.62. The van der Waals surface area contributed by atoms with Crippen LogP contribution in [0.15, 0.2) is 0 Å². The maximum Gasteiger partial charge on any atom is 0.303 e. The van der Waals surface area contributed by atoms with Crippen molar-refractivity contribution < 1.29 is 19.4 Å². The molecule has 0 spiro atoms. The minimum atomic E-state index is -0.727. The number of amides is 1. The molecular formula is C14H25NO4. The van der Waals surface area contributed by atoms with Crippen LogP contribution in [0.3, 0.4) is 0 Å². The predicted molar refractivity (Wildman–Crippen MR) is 71.9 cm³/mol. The van der Waals surface area contributed by atoms with Gasteiger partial charge in [0.25, 0.3) is 0 Å². The zero-order valence-corrected chi connectivity index (χ0v) is 11.8. The number of carboxylic acid groups (broad SMARTS) is 1. The zero-order chi connectivity index (χ0) is 14.1. The standard InChI is InChI=1S/C14H25NO4/c1-2-19-11-3-4-13(16)15-9-7-12(8-10-15)5-6-14(17)18/h12H,2-11H2,1H3,(H,17,18). The molecule has 0 bridgehead atoms. The Kier molecular flexibility index (Phi) is 7.48. The molecule has 110 valence electrons. The minimum Gasteiger partial charge on any atom is -0.481 e. The van der Waals surface area contributed by atoms with Crippen molar-refractivity contribution in [3.63, 3.8) is 0 Å². The molecule has 1 heterocycles. The Labute approximate surface area is 114 Å². The normalized spacial score (nSPS) is 16.6. The molecule has 1 aliphatic heterocycles. The average Bonchev–Trinajstić information content (AvgIpc) is 2.41. The number of carboxylic acids is 1. The predicted octanol–water partition coefficient (Wildman–Crippen LogP) is 1.91. The van der Waals surface area contributed by atoms with E-state index in [0.717, 1.165) is 38.8 Å². The van der Waals surface area contributed by atoms with Crippen LogP contribution in [0.5, 0.6) is 0 Å². The lowest BCUT2D eigenvalue weighted by atomic mass is 9.92. The summed E-state index contributed by atoms with van der Waals surface area (Å²) in [6.45, 7) is 4.85. The third-order valence-corrected chi connectivity index (χ3v) is 3.62. The number of rotatable bonds is 8. The number of ether oxygens (including phenoxy) is 1. The fraction of sp³-hybridized carbons (Fsp3) is 0.857. The van der Waals surface area contributed by atoms with Crippen LogP contribution in [-0.2, 0) is 14.3 Å². The fourth-order valence-electron chi connectivity index (χ4n) is 2.43. The molecule has 0 atom stereocenters. The highest BCUT2D eigenvalue weighted by Gasteiger charge is 2.22. The van der Waals surface area contributed by atoms with E-state index in [4.69, 9.17) is 9.84 Å². The molecule has 5 nitrogen and oxygen atoms in total. The monoisotopic (exact) mass is 271 g/mol. The smallest absolute Gasteiger partial charge is 0.303 e. The first-order chi connectivity index (χ1) is 9.13. The largest absolute Gasteiger partial charge is 0.481 e. The van der Waals surface area contributed by atoms with Crippen LogP contribution in [0.25, 0.3) is 0 Å². The van der Waals surface area contributed by atoms with Gasteiger partial charge < -0.3 is 14.7 Å². The van der Waals surface area contributed by atoms with E-state index in [1.807, 2.05) is 11.8 Å². The van der Waals surface area contributed by atoms with E-state index in [0.29, 0.717) is 25.6 Å². The van der Waals surface area contributed by atoms with Crippen LogP contribution in [0.4, 0.5) is 0 Å². The number of hydrogen-bond donors (Lipinski definition) is 1. The van der Waals surface area contributed by atoms with Crippen molar-refractivity contribution in [2.45, 2.75) is 45.4 Å². The fourth-order valence-corrected chi connectivity index (χ4v) is 2.43. The Balaban J connectivity index is 2.14. The Morgan fingerprint density at radius 2 is 1.95 bits per heavy atom. The van der Waals surface area contributed by atoms with Gasteiger partial charge in [0, 0.05) is 39.1 Å². The number of carbonyl (C=O) groups excluding carboxylic acids is 1. The maximum absolute atomic E-state index is 11.9. The molecule has 0 radical (unpaired) electrons. The molecule has 0 aromatic carbocycles. The van der Waals surface area contributed by atoms with Gasteiger partial charge >= 0.3 is 5.97 Å². The van der Waals surface area contributed by atoms with Crippen molar-refractivity contribution in [1.29, 1.82) is 0 Å².